The third kappa shape index (κ3) is 3.33. The van der Waals surface area contributed by atoms with Gasteiger partial charge in [0.1, 0.15) is 5.58 Å². The molecule has 0 aliphatic carbocycles. The Hall–Kier alpha value is -0.800. The summed E-state index contributed by atoms with van der Waals surface area (Å²) >= 11 is 3.49. The van der Waals surface area contributed by atoms with Crippen LogP contribution in [0.15, 0.2) is 33.4 Å². The van der Waals surface area contributed by atoms with E-state index in [9.17, 15) is 0 Å². The molecule has 0 spiro atoms. The third-order valence-electron chi connectivity index (χ3n) is 2.67. The topological polar surface area (TPSA) is 25.2 Å². The van der Waals surface area contributed by atoms with Crippen molar-refractivity contribution in [2.24, 2.45) is 0 Å². The third-order valence-corrected chi connectivity index (χ3v) is 3.16. The molecule has 0 aliphatic heterocycles. The van der Waals surface area contributed by atoms with E-state index in [1.54, 1.807) is 0 Å². The highest BCUT2D eigenvalue weighted by Gasteiger charge is 2.10. The molecule has 3 heteroatoms. The molecule has 1 aromatic carbocycles. The summed E-state index contributed by atoms with van der Waals surface area (Å²) in [5, 5.41) is 4.69. The Morgan fingerprint density at radius 3 is 2.76 bits per heavy atom. The molecule has 0 saturated heterocycles. The van der Waals surface area contributed by atoms with Crippen molar-refractivity contribution < 1.29 is 4.42 Å². The quantitative estimate of drug-likeness (QED) is 0.921. The molecule has 1 N–H and O–H groups in total. The number of halogens is 1. The van der Waals surface area contributed by atoms with Gasteiger partial charge in [0.25, 0.3) is 0 Å². The lowest BCUT2D eigenvalue weighted by atomic mass is 10.1. The van der Waals surface area contributed by atoms with Crippen LogP contribution in [0.2, 0.25) is 0 Å². The summed E-state index contributed by atoms with van der Waals surface area (Å²) in [5.74, 6) is 0. The van der Waals surface area contributed by atoms with Gasteiger partial charge >= 0.3 is 0 Å². The van der Waals surface area contributed by atoms with Gasteiger partial charge in [-0.05, 0) is 57.5 Å². The maximum Gasteiger partial charge on any atom is 0.134 e. The van der Waals surface area contributed by atoms with Crippen molar-refractivity contribution in [2.45, 2.75) is 32.7 Å². The Balaban J connectivity index is 2.11. The fourth-order valence-corrected chi connectivity index (χ4v) is 2.18. The minimum absolute atomic E-state index is 0.167. The molecule has 0 atom stereocenters. The molecule has 92 valence electrons. The van der Waals surface area contributed by atoms with Gasteiger partial charge in [-0.15, -0.1) is 0 Å². The van der Waals surface area contributed by atoms with Crippen molar-refractivity contribution in [3.8, 4) is 0 Å². The van der Waals surface area contributed by atoms with E-state index in [4.69, 9.17) is 4.42 Å². The number of benzene rings is 1. The molecular weight excluding hydrogens is 278 g/mol. The molecule has 1 aromatic heterocycles. The molecule has 17 heavy (non-hydrogen) atoms. The SMILES string of the molecule is CC(C)(C)NCCc1coc2ccc(Br)cc12. The molecule has 0 aliphatic rings. The minimum atomic E-state index is 0.167. The molecule has 0 radical (unpaired) electrons. The molecule has 0 saturated carbocycles. The van der Waals surface area contributed by atoms with E-state index < -0.39 is 0 Å². The lowest BCUT2D eigenvalue weighted by Crippen LogP contribution is -2.37. The normalized spacial score (nSPS) is 12.2. The first-order valence-electron chi connectivity index (χ1n) is 5.86. The van der Waals surface area contributed by atoms with E-state index in [0.717, 1.165) is 23.0 Å². The van der Waals surface area contributed by atoms with Crippen LogP contribution >= 0.6 is 15.9 Å². The number of furan rings is 1. The minimum Gasteiger partial charge on any atom is -0.464 e. The van der Waals surface area contributed by atoms with Gasteiger partial charge in [-0.25, -0.2) is 0 Å². The molecule has 0 fully saturated rings. The number of fused-ring (bicyclic) bond motifs is 1. The van der Waals surface area contributed by atoms with Crippen LogP contribution in [-0.4, -0.2) is 12.1 Å². The van der Waals surface area contributed by atoms with Crippen molar-refractivity contribution in [2.75, 3.05) is 6.54 Å². The fraction of sp³-hybridized carbons (Fsp3) is 0.429. The second kappa shape index (κ2) is 4.83. The van der Waals surface area contributed by atoms with Crippen LogP contribution in [0.5, 0.6) is 0 Å². The largest absolute Gasteiger partial charge is 0.464 e. The van der Waals surface area contributed by atoms with E-state index in [1.807, 2.05) is 18.4 Å². The second-order valence-corrected chi connectivity index (χ2v) is 6.24. The van der Waals surface area contributed by atoms with Gasteiger partial charge in [0, 0.05) is 15.4 Å². The molecule has 1 heterocycles. The Bertz CT molecular complexity index is 510. The van der Waals surface area contributed by atoms with Crippen molar-refractivity contribution in [3.05, 3.63) is 34.5 Å². The summed E-state index contributed by atoms with van der Waals surface area (Å²) in [6, 6.07) is 6.12. The van der Waals surface area contributed by atoms with E-state index in [0.29, 0.717) is 0 Å². The van der Waals surface area contributed by atoms with Crippen LogP contribution < -0.4 is 5.32 Å². The molecule has 2 nitrogen and oxygen atoms in total. The van der Waals surface area contributed by atoms with E-state index in [-0.39, 0.29) is 5.54 Å². The van der Waals surface area contributed by atoms with E-state index in [2.05, 4.69) is 48.1 Å². The summed E-state index contributed by atoms with van der Waals surface area (Å²) < 4.78 is 6.63. The maximum absolute atomic E-state index is 5.54. The zero-order valence-electron chi connectivity index (χ0n) is 10.5. The highest BCUT2D eigenvalue weighted by atomic mass is 79.9. The summed E-state index contributed by atoms with van der Waals surface area (Å²) in [4.78, 5) is 0. The van der Waals surface area contributed by atoms with Crippen LogP contribution in [0.1, 0.15) is 26.3 Å². The van der Waals surface area contributed by atoms with Crippen LogP contribution in [-0.2, 0) is 6.42 Å². The summed E-state index contributed by atoms with van der Waals surface area (Å²) in [5.41, 5.74) is 2.39. The lowest BCUT2D eigenvalue weighted by Gasteiger charge is -2.20. The smallest absolute Gasteiger partial charge is 0.134 e. The first-order valence-corrected chi connectivity index (χ1v) is 6.66. The first kappa shape index (κ1) is 12.7. The van der Waals surface area contributed by atoms with Gasteiger partial charge in [-0.2, -0.15) is 0 Å². The zero-order chi connectivity index (χ0) is 12.5. The molecule has 2 rings (SSSR count). The highest BCUT2D eigenvalue weighted by molar-refractivity contribution is 9.10. The first-order chi connectivity index (χ1) is 7.96. The Kier molecular flexibility index (Phi) is 3.59. The monoisotopic (exact) mass is 295 g/mol. The molecule has 0 amide bonds. The molecular formula is C14H18BrNO. The van der Waals surface area contributed by atoms with Gasteiger partial charge in [0.2, 0.25) is 0 Å². The summed E-state index contributed by atoms with van der Waals surface area (Å²) in [6.07, 6.45) is 2.85. The molecule has 0 unspecified atom stereocenters. The number of hydrogen-bond donors (Lipinski definition) is 1. The number of rotatable bonds is 3. The van der Waals surface area contributed by atoms with Gasteiger partial charge in [-0.1, -0.05) is 15.9 Å². The second-order valence-electron chi connectivity index (χ2n) is 5.33. The van der Waals surface area contributed by atoms with Crippen LogP contribution in [0.4, 0.5) is 0 Å². The van der Waals surface area contributed by atoms with Gasteiger partial charge < -0.3 is 9.73 Å². The predicted molar refractivity (Wildman–Crippen MR) is 75.4 cm³/mol. The van der Waals surface area contributed by atoms with Gasteiger partial charge in [-0.3, -0.25) is 0 Å². The summed E-state index contributed by atoms with van der Waals surface area (Å²) in [7, 11) is 0. The molecule has 2 aromatic rings. The van der Waals surface area contributed by atoms with Crippen molar-refractivity contribution in [3.63, 3.8) is 0 Å². The lowest BCUT2D eigenvalue weighted by molar-refractivity contribution is 0.429. The van der Waals surface area contributed by atoms with E-state index >= 15 is 0 Å². The summed E-state index contributed by atoms with van der Waals surface area (Å²) in [6.45, 7) is 7.50. The van der Waals surface area contributed by atoms with Gasteiger partial charge in [0.15, 0.2) is 0 Å². The van der Waals surface area contributed by atoms with Crippen molar-refractivity contribution in [1.82, 2.24) is 5.32 Å². The van der Waals surface area contributed by atoms with Crippen LogP contribution in [0.3, 0.4) is 0 Å². The van der Waals surface area contributed by atoms with Crippen molar-refractivity contribution in [1.29, 1.82) is 0 Å². The standard InChI is InChI=1S/C14H18BrNO/c1-14(2,3)16-7-6-10-9-17-13-5-4-11(15)8-12(10)13/h4-5,8-9,16H,6-7H2,1-3H3. The Morgan fingerprint density at radius 1 is 1.29 bits per heavy atom. The van der Waals surface area contributed by atoms with Crippen LogP contribution in [0, 0.1) is 0 Å². The van der Waals surface area contributed by atoms with Crippen molar-refractivity contribution >= 4 is 26.9 Å². The zero-order valence-corrected chi connectivity index (χ0v) is 12.1. The fourth-order valence-electron chi connectivity index (χ4n) is 1.82. The molecule has 0 bridgehead atoms. The van der Waals surface area contributed by atoms with Gasteiger partial charge in [0.05, 0.1) is 6.26 Å². The average Bonchev–Trinajstić information content (AvgIpc) is 2.59. The number of nitrogens with one attached hydrogen (secondary N) is 1. The maximum atomic E-state index is 5.54. The predicted octanol–water partition coefficient (Wildman–Crippen LogP) is 4.13. The Morgan fingerprint density at radius 2 is 2.06 bits per heavy atom. The average molecular weight is 296 g/mol. The van der Waals surface area contributed by atoms with Crippen LogP contribution in [0.25, 0.3) is 11.0 Å². The Labute approximate surface area is 111 Å². The van der Waals surface area contributed by atoms with E-state index in [1.165, 1.54) is 10.9 Å². The highest BCUT2D eigenvalue weighted by Crippen LogP contribution is 2.25. The number of hydrogen-bond acceptors (Lipinski definition) is 2.